The molecule has 1 aromatic carbocycles. The topological polar surface area (TPSA) is 55.5 Å². The first kappa shape index (κ1) is 8.87. The molecule has 0 saturated carbocycles. The minimum absolute atomic E-state index is 0.145. The fourth-order valence-electron chi connectivity index (χ4n) is 0.957. The lowest BCUT2D eigenvalue weighted by Gasteiger charge is -2.04. The summed E-state index contributed by atoms with van der Waals surface area (Å²) in [6, 6.07) is 5.10. The Balaban J connectivity index is 2.89. The van der Waals surface area contributed by atoms with Crippen molar-refractivity contribution >= 4 is 0 Å². The number of rotatable bonds is 3. The van der Waals surface area contributed by atoms with E-state index in [0.29, 0.717) is 12.3 Å². The Morgan fingerprint density at radius 3 is 2.92 bits per heavy atom. The molecule has 0 bridgehead atoms. The molecular weight excluding hydrogens is 154 g/mol. The lowest BCUT2D eigenvalue weighted by molar-refractivity contribution is 0.373. The van der Waals surface area contributed by atoms with Gasteiger partial charge < -0.3 is 15.6 Å². The van der Waals surface area contributed by atoms with Gasteiger partial charge in [0.25, 0.3) is 0 Å². The minimum atomic E-state index is 0.145. The molecule has 0 unspecified atom stereocenters. The van der Waals surface area contributed by atoms with Gasteiger partial charge in [-0.2, -0.15) is 0 Å². The molecule has 3 N–H and O–H groups in total. The number of methoxy groups -OCH3 is 1. The molecule has 0 aliphatic rings. The maximum absolute atomic E-state index is 9.23. The molecular formula is C9H12NO2. The molecule has 12 heavy (non-hydrogen) atoms. The monoisotopic (exact) mass is 166 g/mol. The van der Waals surface area contributed by atoms with Crippen LogP contribution in [-0.4, -0.2) is 18.8 Å². The molecule has 0 amide bonds. The van der Waals surface area contributed by atoms with Crippen LogP contribution in [0.25, 0.3) is 0 Å². The molecule has 0 saturated heterocycles. The average Bonchev–Trinajstić information content (AvgIpc) is 2.09. The van der Waals surface area contributed by atoms with E-state index in [1.807, 2.05) is 6.42 Å². The predicted molar refractivity (Wildman–Crippen MR) is 47.1 cm³/mol. The first-order chi connectivity index (χ1) is 5.77. The fraction of sp³-hybridized carbons (Fsp3) is 0.222. The van der Waals surface area contributed by atoms with Gasteiger partial charge in [0.15, 0.2) is 11.5 Å². The molecule has 0 heterocycles. The Kier molecular flexibility index (Phi) is 2.94. The lowest BCUT2D eigenvalue weighted by Crippen LogP contribution is -2.00. The van der Waals surface area contributed by atoms with E-state index in [2.05, 4.69) is 0 Å². The smallest absolute Gasteiger partial charge is 0.160 e. The molecule has 1 radical (unpaired) electrons. The van der Waals surface area contributed by atoms with E-state index in [-0.39, 0.29) is 5.75 Å². The van der Waals surface area contributed by atoms with Crippen molar-refractivity contribution in [3.63, 3.8) is 0 Å². The number of hydrogen-bond donors (Lipinski definition) is 2. The number of benzene rings is 1. The number of phenolic OH excluding ortho intramolecular Hbond substituents is 1. The summed E-state index contributed by atoms with van der Waals surface area (Å²) in [7, 11) is 1.52. The van der Waals surface area contributed by atoms with Gasteiger partial charge in [-0.3, -0.25) is 0 Å². The summed E-state index contributed by atoms with van der Waals surface area (Å²) in [5, 5.41) is 9.23. The van der Waals surface area contributed by atoms with Gasteiger partial charge in [0, 0.05) is 6.42 Å². The normalized spacial score (nSPS) is 9.83. The number of ether oxygens (including phenoxy) is 1. The van der Waals surface area contributed by atoms with Crippen LogP contribution in [0.5, 0.6) is 11.5 Å². The van der Waals surface area contributed by atoms with Crippen LogP contribution in [-0.2, 0) is 0 Å². The van der Waals surface area contributed by atoms with Gasteiger partial charge in [-0.1, -0.05) is 6.07 Å². The number of nitrogens with two attached hydrogens (primary N) is 1. The van der Waals surface area contributed by atoms with Crippen molar-refractivity contribution in [3.05, 3.63) is 30.2 Å². The SMILES string of the molecule is COc1cc([CH]CN)ccc1O. The highest BCUT2D eigenvalue weighted by molar-refractivity contribution is 5.43. The summed E-state index contributed by atoms with van der Waals surface area (Å²) in [6.07, 6.45) is 1.85. The quantitative estimate of drug-likeness (QED) is 0.701. The van der Waals surface area contributed by atoms with Crippen molar-refractivity contribution in [2.75, 3.05) is 13.7 Å². The second-order valence-electron chi connectivity index (χ2n) is 2.37. The van der Waals surface area contributed by atoms with E-state index in [4.69, 9.17) is 10.5 Å². The first-order valence-corrected chi connectivity index (χ1v) is 3.68. The van der Waals surface area contributed by atoms with Crippen LogP contribution >= 0.6 is 0 Å². The summed E-state index contributed by atoms with van der Waals surface area (Å²) in [5.41, 5.74) is 6.28. The summed E-state index contributed by atoms with van der Waals surface area (Å²) < 4.78 is 4.92. The summed E-state index contributed by atoms with van der Waals surface area (Å²) in [6.45, 7) is 0.480. The predicted octanol–water partition coefficient (Wildman–Crippen LogP) is 0.912. The number of aromatic hydroxyl groups is 1. The van der Waals surface area contributed by atoms with Gasteiger partial charge in [-0.25, -0.2) is 0 Å². The maximum Gasteiger partial charge on any atom is 0.160 e. The molecule has 1 rings (SSSR count). The van der Waals surface area contributed by atoms with Gasteiger partial charge in [-0.05, 0) is 24.2 Å². The van der Waals surface area contributed by atoms with Crippen LogP contribution in [0.2, 0.25) is 0 Å². The van der Waals surface area contributed by atoms with E-state index in [1.165, 1.54) is 7.11 Å². The molecule has 1 aromatic rings. The lowest BCUT2D eigenvalue weighted by atomic mass is 10.1. The Bertz CT molecular complexity index is 261. The Morgan fingerprint density at radius 1 is 1.58 bits per heavy atom. The second kappa shape index (κ2) is 3.97. The highest BCUT2D eigenvalue weighted by Crippen LogP contribution is 2.26. The van der Waals surface area contributed by atoms with Crippen molar-refractivity contribution in [1.29, 1.82) is 0 Å². The third-order valence-corrected chi connectivity index (χ3v) is 1.56. The van der Waals surface area contributed by atoms with Gasteiger partial charge in [0.2, 0.25) is 0 Å². The van der Waals surface area contributed by atoms with Crippen molar-refractivity contribution in [2.45, 2.75) is 0 Å². The molecule has 3 heteroatoms. The van der Waals surface area contributed by atoms with Gasteiger partial charge in [0.1, 0.15) is 0 Å². The maximum atomic E-state index is 9.23. The van der Waals surface area contributed by atoms with E-state index < -0.39 is 0 Å². The highest BCUT2D eigenvalue weighted by atomic mass is 16.5. The first-order valence-electron chi connectivity index (χ1n) is 3.68. The van der Waals surface area contributed by atoms with Crippen LogP contribution in [0, 0.1) is 6.42 Å². The third kappa shape index (κ3) is 1.89. The van der Waals surface area contributed by atoms with Crippen LogP contribution in [0.15, 0.2) is 18.2 Å². The van der Waals surface area contributed by atoms with Gasteiger partial charge in [0.05, 0.1) is 7.11 Å². The zero-order valence-electron chi connectivity index (χ0n) is 6.95. The molecule has 0 atom stereocenters. The molecule has 0 spiro atoms. The zero-order valence-corrected chi connectivity index (χ0v) is 6.95. The largest absolute Gasteiger partial charge is 0.504 e. The second-order valence-corrected chi connectivity index (χ2v) is 2.37. The van der Waals surface area contributed by atoms with Crippen molar-refractivity contribution in [3.8, 4) is 11.5 Å². The fourth-order valence-corrected chi connectivity index (χ4v) is 0.957. The average molecular weight is 166 g/mol. The van der Waals surface area contributed by atoms with E-state index >= 15 is 0 Å². The molecule has 65 valence electrons. The van der Waals surface area contributed by atoms with E-state index in [1.54, 1.807) is 18.2 Å². The number of phenols is 1. The Hall–Kier alpha value is -1.22. The molecule has 0 aliphatic heterocycles. The van der Waals surface area contributed by atoms with Gasteiger partial charge in [-0.15, -0.1) is 0 Å². The number of hydrogen-bond acceptors (Lipinski definition) is 3. The van der Waals surface area contributed by atoms with E-state index in [9.17, 15) is 5.11 Å². The Morgan fingerprint density at radius 2 is 2.33 bits per heavy atom. The molecule has 0 fully saturated rings. The van der Waals surface area contributed by atoms with Crippen molar-refractivity contribution in [2.24, 2.45) is 5.73 Å². The highest BCUT2D eigenvalue weighted by Gasteiger charge is 2.01. The summed E-state index contributed by atoms with van der Waals surface area (Å²) in [5.74, 6) is 0.615. The van der Waals surface area contributed by atoms with Crippen LogP contribution in [0.3, 0.4) is 0 Å². The zero-order chi connectivity index (χ0) is 8.97. The summed E-state index contributed by atoms with van der Waals surface area (Å²) >= 11 is 0. The van der Waals surface area contributed by atoms with Gasteiger partial charge >= 0.3 is 0 Å². The minimum Gasteiger partial charge on any atom is -0.504 e. The van der Waals surface area contributed by atoms with Crippen LogP contribution < -0.4 is 10.5 Å². The Labute approximate surface area is 71.8 Å². The molecule has 0 aromatic heterocycles. The molecule has 0 aliphatic carbocycles. The summed E-state index contributed by atoms with van der Waals surface area (Å²) in [4.78, 5) is 0. The van der Waals surface area contributed by atoms with Crippen molar-refractivity contribution < 1.29 is 9.84 Å². The third-order valence-electron chi connectivity index (χ3n) is 1.56. The van der Waals surface area contributed by atoms with Crippen LogP contribution in [0.1, 0.15) is 5.56 Å². The standard InChI is InChI=1S/C9H12NO2/c1-12-9-6-7(4-5-10)2-3-8(9)11/h2-4,6,11H,5,10H2,1H3. The van der Waals surface area contributed by atoms with Crippen molar-refractivity contribution in [1.82, 2.24) is 0 Å². The van der Waals surface area contributed by atoms with E-state index in [0.717, 1.165) is 5.56 Å². The molecule has 3 nitrogen and oxygen atoms in total. The van der Waals surface area contributed by atoms with Crippen LogP contribution in [0.4, 0.5) is 0 Å².